The van der Waals surface area contributed by atoms with E-state index in [1.807, 2.05) is 30.9 Å². The van der Waals surface area contributed by atoms with Crippen molar-refractivity contribution in [2.24, 2.45) is 12.0 Å². The molecule has 1 aliphatic heterocycles. The molecule has 0 spiro atoms. The molecular weight excluding hydrogens is 519 g/mol. The largest absolute Gasteiger partial charge is 0.497 e. The lowest BCUT2D eigenvalue weighted by atomic mass is 10.0. The molecule has 32 heavy (non-hydrogen) atoms. The van der Waals surface area contributed by atoms with Gasteiger partial charge in [0.1, 0.15) is 5.75 Å². The van der Waals surface area contributed by atoms with Crippen LogP contribution in [0.2, 0.25) is 0 Å². The van der Waals surface area contributed by atoms with Gasteiger partial charge >= 0.3 is 0 Å². The van der Waals surface area contributed by atoms with Crippen LogP contribution in [0.25, 0.3) is 0 Å². The van der Waals surface area contributed by atoms with Gasteiger partial charge in [0.2, 0.25) is 0 Å². The Balaban J connectivity index is 0.00000363. The molecule has 8 nitrogen and oxygen atoms in total. The minimum absolute atomic E-state index is 0. The highest BCUT2D eigenvalue weighted by Crippen LogP contribution is 2.23. The number of nitrogens with one attached hydrogen (secondary N) is 2. The lowest BCUT2D eigenvalue weighted by Gasteiger charge is -2.35. The highest BCUT2D eigenvalue weighted by Gasteiger charge is 2.23. The normalized spacial score (nSPS) is 15.7. The van der Waals surface area contributed by atoms with E-state index in [4.69, 9.17) is 9.47 Å². The molecule has 1 fully saturated rings. The number of benzene rings is 1. The maximum atomic E-state index is 5.56. The third-order valence-electron chi connectivity index (χ3n) is 6.00. The van der Waals surface area contributed by atoms with E-state index in [1.54, 1.807) is 7.11 Å². The average molecular weight is 556 g/mol. The summed E-state index contributed by atoms with van der Waals surface area (Å²) >= 11 is 0. The Hall–Kier alpha value is -1.85. The lowest BCUT2D eigenvalue weighted by Crippen LogP contribution is -2.46. The lowest BCUT2D eigenvalue weighted by molar-refractivity contribution is 0.0170. The van der Waals surface area contributed by atoms with E-state index in [1.165, 1.54) is 16.8 Å². The average Bonchev–Trinajstić information content (AvgIpc) is 3.04. The van der Waals surface area contributed by atoms with Crippen molar-refractivity contribution in [2.75, 3.05) is 53.6 Å². The van der Waals surface area contributed by atoms with Crippen molar-refractivity contribution in [3.05, 3.63) is 46.8 Å². The summed E-state index contributed by atoms with van der Waals surface area (Å²) in [5, 5.41) is 11.5. The number of ether oxygens (including phenoxy) is 2. The quantitative estimate of drug-likeness (QED) is 0.296. The molecule has 0 bridgehead atoms. The molecule has 0 amide bonds. The highest BCUT2D eigenvalue weighted by molar-refractivity contribution is 14.0. The summed E-state index contributed by atoms with van der Waals surface area (Å²) in [4.78, 5) is 6.88. The number of hydrogen-bond acceptors (Lipinski definition) is 5. The zero-order chi connectivity index (χ0) is 22.2. The summed E-state index contributed by atoms with van der Waals surface area (Å²) in [6.07, 6.45) is 0.914. The molecule has 2 N–H and O–H groups in total. The summed E-state index contributed by atoms with van der Waals surface area (Å²) in [6, 6.07) is 8.56. The SMILES string of the molecule is CN=C(NCCc1c(C)nn(C)c1C)NCC(c1ccc(OC)cc1)N1CCOCC1.I. The Morgan fingerprint density at radius 3 is 2.44 bits per heavy atom. The first-order chi connectivity index (χ1) is 15.0. The van der Waals surface area contributed by atoms with Crippen molar-refractivity contribution in [1.82, 2.24) is 25.3 Å². The fraction of sp³-hybridized carbons (Fsp3) is 0.565. The Kier molecular flexibility index (Phi) is 10.7. The maximum absolute atomic E-state index is 5.56. The topological polar surface area (TPSA) is 75.9 Å². The zero-order valence-electron chi connectivity index (χ0n) is 19.9. The summed E-state index contributed by atoms with van der Waals surface area (Å²) in [5.74, 6) is 1.68. The second-order valence-electron chi connectivity index (χ2n) is 7.84. The summed E-state index contributed by atoms with van der Waals surface area (Å²) in [5.41, 5.74) is 4.87. The van der Waals surface area contributed by atoms with E-state index in [9.17, 15) is 0 Å². The molecule has 1 atom stereocenters. The van der Waals surface area contributed by atoms with Gasteiger partial charge in [-0.25, -0.2) is 0 Å². The number of guanidine groups is 1. The van der Waals surface area contributed by atoms with Crippen LogP contribution in [0.1, 0.15) is 28.6 Å². The number of nitrogens with zero attached hydrogens (tertiary/aromatic N) is 4. The number of morpholine rings is 1. The Morgan fingerprint density at radius 2 is 1.88 bits per heavy atom. The van der Waals surface area contributed by atoms with Gasteiger partial charge in [-0.3, -0.25) is 14.6 Å². The monoisotopic (exact) mass is 556 g/mol. The first kappa shape index (κ1) is 26.4. The van der Waals surface area contributed by atoms with E-state index in [0.29, 0.717) is 0 Å². The first-order valence-corrected chi connectivity index (χ1v) is 10.9. The number of hydrogen-bond donors (Lipinski definition) is 2. The third kappa shape index (κ3) is 6.82. The smallest absolute Gasteiger partial charge is 0.191 e. The van der Waals surface area contributed by atoms with E-state index in [2.05, 4.69) is 51.6 Å². The van der Waals surface area contributed by atoms with Gasteiger partial charge in [0, 0.05) is 46.0 Å². The van der Waals surface area contributed by atoms with Crippen LogP contribution in [0.5, 0.6) is 5.75 Å². The molecule has 1 aromatic carbocycles. The molecule has 1 aliphatic rings. The molecule has 0 radical (unpaired) electrons. The Morgan fingerprint density at radius 1 is 1.19 bits per heavy atom. The minimum Gasteiger partial charge on any atom is -0.497 e. The molecule has 3 rings (SSSR count). The van der Waals surface area contributed by atoms with Crippen molar-refractivity contribution in [2.45, 2.75) is 26.3 Å². The van der Waals surface area contributed by atoms with Crippen LogP contribution >= 0.6 is 24.0 Å². The second kappa shape index (κ2) is 13.0. The summed E-state index contributed by atoms with van der Waals surface area (Å²) < 4.78 is 12.8. The van der Waals surface area contributed by atoms with Crippen molar-refractivity contribution in [3.63, 3.8) is 0 Å². The van der Waals surface area contributed by atoms with E-state index < -0.39 is 0 Å². The zero-order valence-corrected chi connectivity index (χ0v) is 22.2. The standard InChI is InChI=1S/C23H36N6O2.HI/c1-17-21(18(2)28(4)27-17)10-11-25-23(24-3)26-16-22(29-12-14-31-15-13-29)19-6-8-20(30-5)9-7-19;/h6-9,22H,10-16H2,1-5H3,(H2,24,25,26);1H. The molecule has 2 aromatic rings. The van der Waals surface area contributed by atoms with E-state index in [-0.39, 0.29) is 30.0 Å². The number of halogens is 1. The molecule has 0 aliphatic carbocycles. The van der Waals surface area contributed by atoms with Gasteiger partial charge in [-0.2, -0.15) is 5.10 Å². The Labute approximate surface area is 208 Å². The van der Waals surface area contributed by atoms with Gasteiger partial charge in [-0.1, -0.05) is 12.1 Å². The van der Waals surface area contributed by atoms with Crippen LogP contribution in [0.4, 0.5) is 0 Å². The number of aryl methyl sites for hydroxylation is 2. The van der Waals surface area contributed by atoms with Crippen LogP contribution in [0.15, 0.2) is 29.3 Å². The minimum atomic E-state index is 0. The van der Waals surface area contributed by atoms with Gasteiger partial charge in [-0.15, -0.1) is 24.0 Å². The van der Waals surface area contributed by atoms with E-state index >= 15 is 0 Å². The third-order valence-corrected chi connectivity index (χ3v) is 6.00. The summed E-state index contributed by atoms with van der Waals surface area (Å²) in [6.45, 7) is 9.12. The highest BCUT2D eigenvalue weighted by atomic mass is 127. The van der Waals surface area contributed by atoms with Crippen LogP contribution < -0.4 is 15.4 Å². The first-order valence-electron chi connectivity index (χ1n) is 10.9. The molecule has 178 valence electrons. The van der Waals surface area contributed by atoms with Crippen LogP contribution in [-0.2, 0) is 18.2 Å². The van der Waals surface area contributed by atoms with Crippen molar-refractivity contribution in [3.8, 4) is 5.75 Å². The van der Waals surface area contributed by atoms with Crippen LogP contribution in [0, 0.1) is 13.8 Å². The molecule has 9 heteroatoms. The predicted octanol–water partition coefficient (Wildman–Crippen LogP) is 2.44. The molecule has 1 saturated heterocycles. The number of aromatic nitrogens is 2. The summed E-state index contributed by atoms with van der Waals surface area (Å²) in [7, 11) is 5.50. The van der Waals surface area contributed by atoms with Gasteiger partial charge in [0.15, 0.2) is 5.96 Å². The molecule has 1 unspecified atom stereocenters. The number of aliphatic imine (C=N–C) groups is 1. The second-order valence-corrected chi connectivity index (χ2v) is 7.84. The van der Waals surface area contributed by atoms with Gasteiger partial charge < -0.3 is 20.1 Å². The van der Waals surface area contributed by atoms with Gasteiger partial charge in [0.25, 0.3) is 0 Å². The van der Waals surface area contributed by atoms with Crippen molar-refractivity contribution >= 4 is 29.9 Å². The van der Waals surface area contributed by atoms with Crippen molar-refractivity contribution in [1.29, 1.82) is 0 Å². The number of methoxy groups -OCH3 is 1. The molecule has 0 saturated carbocycles. The molecule has 2 heterocycles. The van der Waals surface area contributed by atoms with Gasteiger partial charge in [-0.05, 0) is 43.5 Å². The fourth-order valence-electron chi connectivity index (χ4n) is 4.07. The fourth-order valence-corrected chi connectivity index (χ4v) is 4.07. The van der Waals surface area contributed by atoms with Gasteiger partial charge in [0.05, 0.1) is 32.1 Å². The molecular formula is C23H37IN6O2. The predicted molar refractivity (Wildman–Crippen MR) is 139 cm³/mol. The van der Waals surface area contributed by atoms with Crippen LogP contribution in [-0.4, -0.2) is 74.2 Å². The molecule has 1 aromatic heterocycles. The van der Waals surface area contributed by atoms with Crippen LogP contribution in [0.3, 0.4) is 0 Å². The van der Waals surface area contributed by atoms with Crippen molar-refractivity contribution < 1.29 is 9.47 Å². The Bertz CT molecular complexity index is 862. The number of rotatable bonds is 8. The maximum Gasteiger partial charge on any atom is 0.191 e. The van der Waals surface area contributed by atoms with E-state index in [0.717, 1.165) is 63.2 Å².